The first-order valence-corrected chi connectivity index (χ1v) is 6.88. The molecule has 1 unspecified atom stereocenters. The molecule has 1 aliphatic heterocycles. The maximum atomic E-state index is 12.8. The fraction of sp³-hybridized carbons (Fsp3) is 0.714. The van der Waals surface area contributed by atoms with E-state index >= 15 is 0 Å². The average molecular weight is 248 g/mol. The van der Waals surface area contributed by atoms with E-state index in [1.54, 1.807) is 0 Å². The highest BCUT2D eigenvalue weighted by molar-refractivity contribution is 5.94. The van der Waals surface area contributed by atoms with Gasteiger partial charge in [-0.25, -0.2) is 0 Å². The normalized spacial score (nSPS) is 33.7. The third-order valence-electron chi connectivity index (χ3n) is 4.50. The van der Waals surface area contributed by atoms with Crippen LogP contribution >= 0.6 is 0 Å². The first kappa shape index (κ1) is 11.8. The van der Waals surface area contributed by atoms with Crippen molar-refractivity contribution in [1.29, 1.82) is 0 Å². The molecule has 0 bridgehead atoms. The molecule has 3 aliphatic rings. The molecule has 0 aromatic rings. The van der Waals surface area contributed by atoms with Gasteiger partial charge in [0, 0.05) is 19.0 Å². The van der Waals surface area contributed by atoms with E-state index in [0.29, 0.717) is 18.9 Å². The molecule has 0 aromatic carbocycles. The molecule has 98 valence electrons. The SMILES string of the molecule is CC1(C2CC2)NC(=O)CCN(C2CC=CC2)C1=O. The Kier molecular flexibility index (Phi) is 2.68. The number of nitrogens with one attached hydrogen (secondary N) is 1. The van der Waals surface area contributed by atoms with Crippen LogP contribution in [0.15, 0.2) is 12.2 Å². The molecule has 18 heavy (non-hydrogen) atoms. The fourth-order valence-electron chi connectivity index (χ4n) is 3.17. The van der Waals surface area contributed by atoms with Gasteiger partial charge in [0.1, 0.15) is 5.54 Å². The van der Waals surface area contributed by atoms with Gasteiger partial charge in [-0.2, -0.15) is 0 Å². The van der Waals surface area contributed by atoms with Gasteiger partial charge < -0.3 is 10.2 Å². The van der Waals surface area contributed by atoms with Crippen LogP contribution in [-0.4, -0.2) is 34.8 Å². The number of carbonyl (C=O) groups is 2. The summed E-state index contributed by atoms with van der Waals surface area (Å²) >= 11 is 0. The fourth-order valence-corrected chi connectivity index (χ4v) is 3.17. The van der Waals surface area contributed by atoms with Crippen molar-refractivity contribution < 1.29 is 9.59 Å². The Morgan fingerprint density at radius 2 is 1.94 bits per heavy atom. The van der Waals surface area contributed by atoms with Crippen molar-refractivity contribution in [1.82, 2.24) is 10.2 Å². The zero-order valence-electron chi connectivity index (χ0n) is 10.8. The summed E-state index contributed by atoms with van der Waals surface area (Å²) < 4.78 is 0. The first-order valence-electron chi connectivity index (χ1n) is 6.88. The van der Waals surface area contributed by atoms with Gasteiger partial charge in [0.2, 0.25) is 11.8 Å². The molecule has 4 nitrogen and oxygen atoms in total. The van der Waals surface area contributed by atoms with E-state index in [4.69, 9.17) is 0 Å². The van der Waals surface area contributed by atoms with Gasteiger partial charge in [-0.3, -0.25) is 9.59 Å². The van der Waals surface area contributed by atoms with Crippen molar-refractivity contribution in [3.8, 4) is 0 Å². The molecule has 1 saturated heterocycles. The third-order valence-corrected chi connectivity index (χ3v) is 4.50. The van der Waals surface area contributed by atoms with Gasteiger partial charge in [0.15, 0.2) is 0 Å². The highest BCUT2D eigenvalue weighted by Gasteiger charge is 2.51. The van der Waals surface area contributed by atoms with Gasteiger partial charge in [0.25, 0.3) is 0 Å². The summed E-state index contributed by atoms with van der Waals surface area (Å²) in [6.07, 6.45) is 8.67. The van der Waals surface area contributed by atoms with Gasteiger partial charge in [-0.1, -0.05) is 12.2 Å². The topological polar surface area (TPSA) is 49.4 Å². The summed E-state index contributed by atoms with van der Waals surface area (Å²) in [5.41, 5.74) is -0.657. The summed E-state index contributed by atoms with van der Waals surface area (Å²) in [5.74, 6) is 0.486. The largest absolute Gasteiger partial charge is 0.342 e. The summed E-state index contributed by atoms with van der Waals surface area (Å²) in [6.45, 7) is 2.48. The number of hydrogen-bond donors (Lipinski definition) is 1. The molecule has 2 aliphatic carbocycles. The maximum absolute atomic E-state index is 12.8. The maximum Gasteiger partial charge on any atom is 0.248 e. The molecule has 0 radical (unpaired) electrons. The summed E-state index contributed by atoms with van der Waals surface area (Å²) in [6, 6.07) is 0.267. The van der Waals surface area contributed by atoms with Crippen molar-refractivity contribution in [3.63, 3.8) is 0 Å². The number of amides is 2. The summed E-state index contributed by atoms with van der Waals surface area (Å²) in [7, 11) is 0. The number of carbonyl (C=O) groups excluding carboxylic acids is 2. The van der Waals surface area contributed by atoms with Crippen LogP contribution in [0.5, 0.6) is 0 Å². The van der Waals surface area contributed by atoms with Crippen LogP contribution in [-0.2, 0) is 9.59 Å². The molecule has 1 heterocycles. The van der Waals surface area contributed by atoms with Crippen LogP contribution in [0.25, 0.3) is 0 Å². The third kappa shape index (κ3) is 1.84. The molecule has 1 N–H and O–H groups in total. The average Bonchev–Trinajstić information content (AvgIpc) is 3.08. The zero-order chi connectivity index (χ0) is 12.8. The Labute approximate surface area is 107 Å². The second-order valence-corrected chi connectivity index (χ2v) is 5.87. The van der Waals surface area contributed by atoms with Crippen LogP contribution in [0.2, 0.25) is 0 Å². The molecule has 1 atom stereocenters. The highest BCUT2D eigenvalue weighted by atomic mass is 16.2. The summed E-state index contributed by atoms with van der Waals surface area (Å²) in [5, 5.41) is 2.97. The number of rotatable bonds is 2. The Hall–Kier alpha value is -1.32. The molecular weight excluding hydrogens is 228 g/mol. The van der Waals surface area contributed by atoms with E-state index in [2.05, 4.69) is 17.5 Å². The highest BCUT2D eigenvalue weighted by Crippen LogP contribution is 2.42. The molecule has 2 amide bonds. The molecule has 0 aromatic heterocycles. The predicted octanol–water partition coefficient (Wildman–Crippen LogP) is 1.22. The number of hydrogen-bond acceptors (Lipinski definition) is 2. The van der Waals surface area contributed by atoms with Crippen LogP contribution in [0.1, 0.15) is 39.0 Å². The van der Waals surface area contributed by atoms with Crippen molar-refractivity contribution in [2.75, 3.05) is 6.54 Å². The minimum atomic E-state index is -0.657. The quantitative estimate of drug-likeness (QED) is 0.747. The van der Waals surface area contributed by atoms with E-state index in [1.807, 2.05) is 11.8 Å². The minimum absolute atomic E-state index is 0.0196. The lowest BCUT2D eigenvalue weighted by molar-refractivity contribution is -0.140. The van der Waals surface area contributed by atoms with Crippen molar-refractivity contribution in [2.45, 2.75) is 50.6 Å². The lowest BCUT2D eigenvalue weighted by Crippen LogP contribution is -2.58. The molecule has 4 heteroatoms. The predicted molar refractivity (Wildman–Crippen MR) is 67.8 cm³/mol. The molecule has 2 fully saturated rings. The Bertz CT molecular complexity index is 406. The van der Waals surface area contributed by atoms with E-state index in [1.165, 1.54) is 0 Å². The lowest BCUT2D eigenvalue weighted by Gasteiger charge is -2.35. The van der Waals surface area contributed by atoms with Crippen molar-refractivity contribution >= 4 is 11.8 Å². The van der Waals surface area contributed by atoms with E-state index in [0.717, 1.165) is 25.7 Å². The molecular formula is C14H20N2O2. The Balaban J connectivity index is 1.85. The van der Waals surface area contributed by atoms with Gasteiger partial charge in [0.05, 0.1) is 0 Å². The van der Waals surface area contributed by atoms with E-state index < -0.39 is 5.54 Å². The van der Waals surface area contributed by atoms with Crippen molar-refractivity contribution in [2.24, 2.45) is 5.92 Å². The Morgan fingerprint density at radius 1 is 1.28 bits per heavy atom. The second-order valence-electron chi connectivity index (χ2n) is 5.87. The van der Waals surface area contributed by atoms with E-state index in [9.17, 15) is 9.59 Å². The van der Waals surface area contributed by atoms with Crippen LogP contribution < -0.4 is 5.32 Å². The number of nitrogens with zero attached hydrogens (tertiary/aromatic N) is 1. The van der Waals surface area contributed by atoms with E-state index in [-0.39, 0.29) is 17.9 Å². The van der Waals surface area contributed by atoms with Crippen LogP contribution in [0, 0.1) is 5.92 Å². The lowest BCUT2D eigenvalue weighted by atomic mass is 9.93. The standard InChI is InChI=1S/C14H20N2O2/c1-14(10-6-7-10)13(18)16(9-8-12(17)15-14)11-4-2-3-5-11/h2-3,10-11H,4-9H2,1H3,(H,15,17). The first-order chi connectivity index (χ1) is 8.61. The van der Waals surface area contributed by atoms with Gasteiger partial charge in [-0.05, 0) is 38.5 Å². The zero-order valence-corrected chi connectivity index (χ0v) is 10.8. The summed E-state index contributed by atoms with van der Waals surface area (Å²) in [4.78, 5) is 26.5. The minimum Gasteiger partial charge on any atom is -0.342 e. The molecule has 3 rings (SSSR count). The van der Waals surface area contributed by atoms with Gasteiger partial charge in [-0.15, -0.1) is 0 Å². The monoisotopic (exact) mass is 248 g/mol. The smallest absolute Gasteiger partial charge is 0.248 e. The van der Waals surface area contributed by atoms with Crippen LogP contribution in [0.3, 0.4) is 0 Å². The molecule has 1 saturated carbocycles. The van der Waals surface area contributed by atoms with Crippen molar-refractivity contribution in [3.05, 3.63) is 12.2 Å². The van der Waals surface area contributed by atoms with Crippen LogP contribution in [0.4, 0.5) is 0 Å². The second kappa shape index (κ2) is 4.11. The molecule has 0 spiro atoms. The van der Waals surface area contributed by atoms with Gasteiger partial charge >= 0.3 is 0 Å². The Morgan fingerprint density at radius 3 is 2.56 bits per heavy atom.